The number of nitrogens with zero attached hydrogens (tertiary/aromatic N) is 1. The predicted molar refractivity (Wildman–Crippen MR) is 104 cm³/mol. The third kappa shape index (κ3) is 3.77. The number of halogens is 1. The van der Waals surface area contributed by atoms with E-state index in [0.717, 1.165) is 29.2 Å². The predicted octanol–water partition coefficient (Wildman–Crippen LogP) is 5.37. The van der Waals surface area contributed by atoms with Crippen LogP contribution in [0.1, 0.15) is 32.9 Å². The third-order valence-electron chi connectivity index (χ3n) is 4.45. The van der Waals surface area contributed by atoms with Gasteiger partial charge in [0.15, 0.2) is 0 Å². The number of aryl methyl sites for hydroxylation is 2. The Hall–Kier alpha value is -2.52. The van der Waals surface area contributed by atoms with Crippen molar-refractivity contribution in [3.05, 3.63) is 87.7 Å². The Morgan fingerprint density at radius 2 is 1.76 bits per heavy atom. The van der Waals surface area contributed by atoms with Crippen LogP contribution in [0.2, 0.25) is 5.02 Å². The second-order valence-electron chi connectivity index (χ2n) is 6.27. The number of rotatable bonds is 4. The number of amides is 1. The van der Waals surface area contributed by atoms with Crippen molar-refractivity contribution in [3.63, 3.8) is 0 Å². The average molecular weight is 353 g/mol. The maximum absolute atomic E-state index is 12.7. The lowest BCUT2D eigenvalue weighted by molar-refractivity contribution is 0.102. The van der Waals surface area contributed by atoms with E-state index in [-0.39, 0.29) is 5.91 Å². The zero-order valence-electron chi connectivity index (χ0n) is 14.6. The van der Waals surface area contributed by atoms with Gasteiger partial charge >= 0.3 is 0 Å². The van der Waals surface area contributed by atoms with Crippen LogP contribution < -0.4 is 5.32 Å². The number of aromatic nitrogens is 1. The summed E-state index contributed by atoms with van der Waals surface area (Å²) in [5, 5.41) is 3.58. The van der Waals surface area contributed by atoms with Gasteiger partial charge in [-0.05, 0) is 50.1 Å². The van der Waals surface area contributed by atoms with Crippen LogP contribution in [0.5, 0.6) is 0 Å². The highest BCUT2D eigenvalue weighted by Gasteiger charge is 2.16. The summed E-state index contributed by atoms with van der Waals surface area (Å²) in [6, 6.07) is 17.7. The molecule has 0 atom stereocenters. The Kier molecular flexibility index (Phi) is 4.95. The molecule has 0 saturated carbocycles. The SMILES string of the molecule is Cc1ccc(Cl)cc1NC(=O)c1cc(C)n(Cc2ccccc2)c1C. The Labute approximate surface area is 153 Å². The number of carbonyl (C=O) groups excluding carboxylic acids is 1. The number of carbonyl (C=O) groups is 1. The number of nitrogens with one attached hydrogen (secondary N) is 1. The van der Waals surface area contributed by atoms with E-state index in [1.165, 1.54) is 5.56 Å². The van der Waals surface area contributed by atoms with Gasteiger partial charge in [-0.2, -0.15) is 0 Å². The normalized spacial score (nSPS) is 10.7. The van der Waals surface area contributed by atoms with Crippen molar-refractivity contribution in [2.75, 3.05) is 5.32 Å². The van der Waals surface area contributed by atoms with Crippen LogP contribution in [-0.2, 0) is 6.54 Å². The number of anilines is 1. The van der Waals surface area contributed by atoms with E-state index in [4.69, 9.17) is 11.6 Å². The molecule has 3 rings (SSSR count). The highest BCUT2D eigenvalue weighted by Crippen LogP contribution is 2.23. The molecule has 0 unspecified atom stereocenters. The molecule has 1 N–H and O–H groups in total. The maximum Gasteiger partial charge on any atom is 0.257 e. The molecule has 1 aromatic heterocycles. The molecule has 0 aliphatic rings. The van der Waals surface area contributed by atoms with Gasteiger partial charge in [0.1, 0.15) is 0 Å². The summed E-state index contributed by atoms with van der Waals surface area (Å²) >= 11 is 6.04. The van der Waals surface area contributed by atoms with Crippen molar-refractivity contribution < 1.29 is 4.79 Å². The molecule has 0 radical (unpaired) electrons. The second kappa shape index (κ2) is 7.16. The lowest BCUT2D eigenvalue weighted by Gasteiger charge is -2.11. The molecule has 128 valence electrons. The van der Waals surface area contributed by atoms with E-state index in [1.54, 1.807) is 6.07 Å². The standard InChI is InChI=1S/C21H21ClN2O/c1-14-9-10-18(22)12-20(14)23-21(25)19-11-15(2)24(16(19)3)13-17-7-5-4-6-8-17/h4-12H,13H2,1-3H3,(H,23,25). The minimum absolute atomic E-state index is 0.113. The highest BCUT2D eigenvalue weighted by molar-refractivity contribution is 6.31. The summed E-state index contributed by atoms with van der Waals surface area (Å²) in [5.74, 6) is -0.113. The smallest absolute Gasteiger partial charge is 0.257 e. The Morgan fingerprint density at radius 3 is 2.48 bits per heavy atom. The van der Waals surface area contributed by atoms with Gasteiger partial charge in [0.2, 0.25) is 0 Å². The lowest BCUT2D eigenvalue weighted by Crippen LogP contribution is -2.14. The van der Waals surface area contributed by atoms with Crippen molar-refractivity contribution in [1.29, 1.82) is 0 Å². The van der Waals surface area contributed by atoms with Gasteiger partial charge in [-0.3, -0.25) is 4.79 Å². The van der Waals surface area contributed by atoms with Crippen molar-refractivity contribution in [1.82, 2.24) is 4.57 Å². The molecule has 2 aromatic carbocycles. The van der Waals surface area contributed by atoms with Gasteiger partial charge in [0.25, 0.3) is 5.91 Å². The van der Waals surface area contributed by atoms with E-state index >= 15 is 0 Å². The molecule has 3 aromatic rings. The summed E-state index contributed by atoms with van der Waals surface area (Å²) in [4.78, 5) is 12.7. The van der Waals surface area contributed by atoms with Crippen molar-refractivity contribution >= 4 is 23.2 Å². The van der Waals surface area contributed by atoms with Gasteiger partial charge < -0.3 is 9.88 Å². The van der Waals surface area contributed by atoms with E-state index in [9.17, 15) is 4.79 Å². The molecule has 0 bridgehead atoms. The van der Waals surface area contributed by atoms with Gasteiger partial charge in [0.05, 0.1) is 5.56 Å². The van der Waals surface area contributed by atoms with Gasteiger partial charge in [0, 0.05) is 28.6 Å². The molecule has 0 fully saturated rings. The van der Waals surface area contributed by atoms with Crippen LogP contribution in [0.15, 0.2) is 54.6 Å². The van der Waals surface area contributed by atoms with Crippen molar-refractivity contribution in [2.24, 2.45) is 0 Å². The summed E-state index contributed by atoms with van der Waals surface area (Å²) in [7, 11) is 0. The number of hydrogen-bond donors (Lipinski definition) is 1. The monoisotopic (exact) mass is 352 g/mol. The number of benzene rings is 2. The van der Waals surface area contributed by atoms with Crippen LogP contribution in [0.25, 0.3) is 0 Å². The molecular formula is C21H21ClN2O. The first-order chi connectivity index (χ1) is 12.0. The molecule has 1 amide bonds. The van der Waals surface area contributed by atoms with E-state index in [0.29, 0.717) is 10.6 Å². The molecular weight excluding hydrogens is 332 g/mol. The van der Waals surface area contributed by atoms with Crippen LogP contribution in [0.3, 0.4) is 0 Å². The van der Waals surface area contributed by atoms with Crippen LogP contribution in [0.4, 0.5) is 5.69 Å². The summed E-state index contributed by atoms with van der Waals surface area (Å²) in [6.45, 7) is 6.71. The maximum atomic E-state index is 12.7. The molecule has 1 heterocycles. The topological polar surface area (TPSA) is 34.0 Å². The molecule has 0 saturated heterocycles. The largest absolute Gasteiger partial charge is 0.344 e. The molecule has 3 nitrogen and oxygen atoms in total. The molecule has 4 heteroatoms. The zero-order valence-corrected chi connectivity index (χ0v) is 15.4. The van der Waals surface area contributed by atoms with Gasteiger partial charge in [-0.15, -0.1) is 0 Å². The molecule has 25 heavy (non-hydrogen) atoms. The Balaban J connectivity index is 1.86. The Morgan fingerprint density at radius 1 is 1.04 bits per heavy atom. The summed E-state index contributed by atoms with van der Waals surface area (Å²) in [6.07, 6.45) is 0. The minimum Gasteiger partial charge on any atom is -0.344 e. The molecule has 0 aliphatic heterocycles. The molecule has 0 aliphatic carbocycles. The van der Waals surface area contributed by atoms with E-state index in [2.05, 4.69) is 22.0 Å². The van der Waals surface area contributed by atoms with E-state index < -0.39 is 0 Å². The Bertz CT molecular complexity index is 913. The minimum atomic E-state index is -0.113. The van der Waals surface area contributed by atoms with Crippen LogP contribution in [-0.4, -0.2) is 10.5 Å². The summed E-state index contributed by atoms with van der Waals surface area (Å²) < 4.78 is 2.16. The average Bonchev–Trinajstić information content (AvgIpc) is 2.87. The van der Waals surface area contributed by atoms with Gasteiger partial charge in [-0.25, -0.2) is 0 Å². The lowest BCUT2D eigenvalue weighted by atomic mass is 10.1. The quantitative estimate of drug-likeness (QED) is 0.673. The van der Waals surface area contributed by atoms with Crippen molar-refractivity contribution in [3.8, 4) is 0 Å². The van der Waals surface area contributed by atoms with Crippen LogP contribution in [0, 0.1) is 20.8 Å². The first kappa shape index (κ1) is 17.3. The fraction of sp³-hybridized carbons (Fsp3) is 0.190. The fourth-order valence-electron chi connectivity index (χ4n) is 2.96. The zero-order chi connectivity index (χ0) is 18.0. The summed E-state index contributed by atoms with van der Waals surface area (Å²) in [5.41, 5.74) is 5.64. The molecule has 0 spiro atoms. The van der Waals surface area contributed by atoms with Crippen LogP contribution >= 0.6 is 11.6 Å². The second-order valence-corrected chi connectivity index (χ2v) is 6.71. The first-order valence-electron chi connectivity index (χ1n) is 8.24. The van der Waals surface area contributed by atoms with Crippen molar-refractivity contribution in [2.45, 2.75) is 27.3 Å². The third-order valence-corrected chi connectivity index (χ3v) is 4.68. The van der Waals surface area contributed by atoms with Gasteiger partial charge in [-0.1, -0.05) is 48.0 Å². The number of hydrogen-bond acceptors (Lipinski definition) is 1. The first-order valence-corrected chi connectivity index (χ1v) is 8.61. The highest BCUT2D eigenvalue weighted by atomic mass is 35.5. The van der Waals surface area contributed by atoms with E-state index in [1.807, 2.05) is 57.2 Å². The fourth-order valence-corrected chi connectivity index (χ4v) is 3.13.